The molecule has 2 aromatic carbocycles. The van der Waals surface area contributed by atoms with Crippen molar-refractivity contribution in [2.75, 3.05) is 5.32 Å². The number of anilines is 2. The minimum absolute atomic E-state index is 0.249. The molecular formula is C18H12ClN5O. The average Bonchev–Trinajstić information content (AvgIpc) is 2.64. The fourth-order valence-corrected chi connectivity index (χ4v) is 2.71. The first kappa shape index (κ1) is 15.3. The van der Waals surface area contributed by atoms with Crippen LogP contribution in [-0.2, 0) is 0 Å². The second kappa shape index (κ2) is 6.33. The van der Waals surface area contributed by atoms with Crippen LogP contribution in [0.15, 0.2) is 72.0 Å². The van der Waals surface area contributed by atoms with Gasteiger partial charge in [-0.2, -0.15) is 0 Å². The minimum Gasteiger partial charge on any atom is -0.325 e. The van der Waals surface area contributed by atoms with E-state index >= 15 is 0 Å². The third-order valence-corrected chi connectivity index (χ3v) is 3.90. The van der Waals surface area contributed by atoms with E-state index in [0.717, 1.165) is 5.69 Å². The predicted molar refractivity (Wildman–Crippen MR) is 97.7 cm³/mol. The van der Waals surface area contributed by atoms with Gasteiger partial charge in [0.1, 0.15) is 6.33 Å². The van der Waals surface area contributed by atoms with Gasteiger partial charge in [0.05, 0.1) is 29.0 Å². The molecule has 0 saturated carbocycles. The van der Waals surface area contributed by atoms with E-state index in [-0.39, 0.29) is 5.56 Å². The van der Waals surface area contributed by atoms with Crippen LogP contribution in [0.4, 0.5) is 11.6 Å². The van der Waals surface area contributed by atoms with E-state index in [0.29, 0.717) is 27.6 Å². The molecule has 4 rings (SSSR count). The maximum absolute atomic E-state index is 13.1. The zero-order chi connectivity index (χ0) is 17.2. The van der Waals surface area contributed by atoms with Crippen molar-refractivity contribution >= 4 is 34.1 Å². The van der Waals surface area contributed by atoms with Crippen molar-refractivity contribution in [2.24, 2.45) is 0 Å². The lowest BCUT2D eigenvalue weighted by Crippen LogP contribution is -2.23. The maximum Gasteiger partial charge on any atom is 0.267 e. The molecule has 0 aliphatic heterocycles. The molecule has 7 heteroatoms. The lowest BCUT2D eigenvalue weighted by atomic mass is 10.2. The van der Waals surface area contributed by atoms with E-state index in [4.69, 9.17) is 11.6 Å². The average molecular weight is 350 g/mol. The summed E-state index contributed by atoms with van der Waals surface area (Å²) in [6.45, 7) is 0. The molecule has 0 radical (unpaired) electrons. The van der Waals surface area contributed by atoms with Crippen molar-refractivity contribution in [1.82, 2.24) is 19.5 Å². The molecule has 0 spiro atoms. The van der Waals surface area contributed by atoms with E-state index in [1.807, 2.05) is 30.3 Å². The monoisotopic (exact) mass is 349 g/mol. The van der Waals surface area contributed by atoms with E-state index in [9.17, 15) is 4.79 Å². The summed E-state index contributed by atoms with van der Waals surface area (Å²) in [5, 5.41) is 4.09. The Hall–Kier alpha value is -3.25. The normalized spacial score (nSPS) is 10.8. The van der Waals surface area contributed by atoms with Crippen LogP contribution in [0.2, 0.25) is 5.02 Å². The third kappa shape index (κ3) is 2.95. The molecule has 0 atom stereocenters. The van der Waals surface area contributed by atoms with Gasteiger partial charge in [0.15, 0.2) is 0 Å². The summed E-state index contributed by atoms with van der Waals surface area (Å²) in [7, 11) is 0. The van der Waals surface area contributed by atoms with Crippen LogP contribution in [0.3, 0.4) is 0 Å². The van der Waals surface area contributed by atoms with Gasteiger partial charge < -0.3 is 5.32 Å². The topological polar surface area (TPSA) is 72.7 Å². The molecule has 1 N–H and O–H groups in total. The number of halogens is 1. The summed E-state index contributed by atoms with van der Waals surface area (Å²) >= 11 is 6.04. The first-order valence-electron chi connectivity index (χ1n) is 7.52. The molecule has 6 nitrogen and oxygen atoms in total. The molecule has 25 heavy (non-hydrogen) atoms. The molecule has 0 bridgehead atoms. The highest BCUT2D eigenvalue weighted by Crippen LogP contribution is 2.21. The third-order valence-electron chi connectivity index (χ3n) is 3.67. The minimum atomic E-state index is -0.249. The molecule has 0 unspecified atom stereocenters. The van der Waals surface area contributed by atoms with Crippen LogP contribution in [0.5, 0.6) is 0 Å². The van der Waals surface area contributed by atoms with Gasteiger partial charge in [-0.05, 0) is 30.3 Å². The quantitative estimate of drug-likeness (QED) is 0.612. The Bertz CT molecular complexity index is 1100. The molecule has 2 aromatic heterocycles. The SMILES string of the molecule is O=c1c2cc(Cl)ccc2nc(Nc2ccccc2)n1-c1cncnc1. The molecule has 4 aromatic rings. The van der Waals surface area contributed by atoms with Crippen molar-refractivity contribution in [1.29, 1.82) is 0 Å². The first-order valence-corrected chi connectivity index (χ1v) is 7.90. The van der Waals surface area contributed by atoms with Gasteiger partial charge in [-0.1, -0.05) is 29.8 Å². The maximum atomic E-state index is 13.1. The standard InChI is InChI=1S/C18H12ClN5O/c19-12-6-7-16-15(8-12)17(25)24(14-9-20-11-21-10-14)18(23-16)22-13-4-2-1-3-5-13/h1-11H,(H,22,23). The van der Waals surface area contributed by atoms with Gasteiger partial charge in [0, 0.05) is 10.7 Å². The smallest absolute Gasteiger partial charge is 0.267 e. The zero-order valence-electron chi connectivity index (χ0n) is 12.9. The van der Waals surface area contributed by atoms with E-state index in [1.54, 1.807) is 30.6 Å². The zero-order valence-corrected chi connectivity index (χ0v) is 13.7. The number of hydrogen-bond donors (Lipinski definition) is 1. The Kier molecular flexibility index (Phi) is 3.87. The number of benzene rings is 2. The predicted octanol–water partition coefficient (Wildman–Crippen LogP) is 3.57. The Balaban J connectivity index is 1.99. The Morgan fingerprint density at radius 3 is 2.52 bits per heavy atom. The number of para-hydroxylation sites is 1. The fourth-order valence-electron chi connectivity index (χ4n) is 2.54. The van der Waals surface area contributed by atoms with Crippen molar-refractivity contribution < 1.29 is 0 Å². The van der Waals surface area contributed by atoms with Crippen LogP contribution in [0, 0.1) is 0 Å². The number of aromatic nitrogens is 4. The fraction of sp³-hybridized carbons (Fsp3) is 0. The highest BCUT2D eigenvalue weighted by Gasteiger charge is 2.14. The van der Waals surface area contributed by atoms with Crippen molar-refractivity contribution in [3.05, 3.63) is 82.6 Å². The Labute approximate surface area is 147 Å². The van der Waals surface area contributed by atoms with Crippen molar-refractivity contribution in [3.8, 4) is 5.69 Å². The molecule has 122 valence electrons. The van der Waals surface area contributed by atoms with Crippen molar-refractivity contribution in [3.63, 3.8) is 0 Å². The summed E-state index contributed by atoms with van der Waals surface area (Å²) in [6.07, 6.45) is 4.52. The van der Waals surface area contributed by atoms with Gasteiger partial charge in [-0.15, -0.1) is 0 Å². The van der Waals surface area contributed by atoms with Gasteiger partial charge in [0.2, 0.25) is 5.95 Å². The number of fused-ring (bicyclic) bond motifs is 1. The van der Waals surface area contributed by atoms with Crippen LogP contribution >= 0.6 is 11.6 Å². The second-order valence-electron chi connectivity index (χ2n) is 5.33. The van der Waals surface area contributed by atoms with Gasteiger partial charge in [-0.3, -0.25) is 4.79 Å². The molecule has 0 fully saturated rings. The summed E-state index contributed by atoms with van der Waals surface area (Å²) in [5.74, 6) is 0.376. The number of nitrogens with one attached hydrogen (secondary N) is 1. The van der Waals surface area contributed by atoms with Gasteiger partial charge in [0.25, 0.3) is 5.56 Å². The van der Waals surface area contributed by atoms with Crippen LogP contribution < -0.4 is 10.9 Å². The molecule has 2 heterocycles. The van der Waals surface area contributed by atoms with Crippen LogP contribution in [0.25, 0.3) is 16.6 Å². The molecule has 0 aliphatic carbocycles. The lowest BCUT2D eigenvalue weighted by molar-refractivity contribution is 0.947. The number of hydrogen-bond acceptors (Lipinski definition) is 5. The van der Waals surface area contributed by atoms with Crippen molar-refractivity contribution in [2.45, 2.75) is 0 Å². The number of nitrogens with zero attached hydrogens (tertiary/aromatic N) is 4. The highest BCUT2D eigenvalue weighted by molar-refractivity contribution is 6.31. The summed E-state index contributed by atoms with van der Waals surface area (Å²) in [4.78, 5) is 25.6. The molecular weight excluding hydrogens is 338 g/mol. The van der Waals surface area contributed by atoms with E-state index in [2.05, 4.69) is 20.3 Å². The largest absolute Gasteiger partial charge is 0.325 e. The number of rotatable bonds is 3. The van der Waals surface area contributed by atoms with Gasteiger partial charge >= 0.3 is 0 Å². The summed E-state index contributed by atoms with van der Waals surface area (Å²) < 4.78 is 1.44. The highest BCUT2D eigenvalue weighted by atomic mass is 35.5. The summed E-state index contributed by atoms with van der Waals surface area (Å²) in [5.41, 5.74) is 1.63. The molecule has 0 amide bonds. The molecule has 0 saturated heterocycles. The van der Waals surface area contributed by atoms with E-state index < -0.39 is 0 Å². The Morgan fingerprint density at radius 1 is 1.00 bits per heavy atom. The Morgan fingerprint density at radius 2 is 1.76 bits per heavy atom. The summed E-state index contributed by atoms with van der Waals surface area (Å²) in [6, 6.07) is 14.5. The lowest BCUT2D eigenvalue weighted by Gasteiger charge is -2.14. The van der Waals surface area contributed by atoms with E-state index in [1.165, 1.54) is 10.9 Å². The van der Waals surface area contributed by atoms with Gasteiger partial charge in [-0.25, -0.2) is 19.5 Å². The first-order chi connectivity index (χ1) is 12.2. The van der Waals surface area contributed by atoms with Crippen LogP contribution in [0.1, 0.15) is 0 Å². The molecule has 0 aliphatic rings. The van der Waals surface area contributed by atoms with Crippen LogP contribution in [-0.4, -0.2) is 19.5 Å². The second-order valence-corrected chi connectivity index (χ2v) is 5.76.